The highest BCUT2D eigenvalue weighted by atomic mass is 19.1. The van der Waals surface area contributed by atoms with E-state index in [9.17, 15) is 14.0 Å². The van der Waals surface area contributed by atoms with E-state index in [1.165, 1.54) is 36.2 Å². The number of hydrogen-bond donors (Lipinski definition) is 1. The van der Waals surface area contributed by atoms with Gasteiger partial charge in [0, 0.05) is 5.56 Å². The van der Waals surface area contributed by atoms with Crippen LogP contribution in [-0.2, 0) is 4.79 Å². The van der Waals surface area contributed by atoms with Crippen LogP contribution in [0.4, 0.5) is 10.1 Å². The molecule has 0 bridgehead atoms. The summed E-state index contributed by atoms with van der Waals surface area (Å²) in [7, 11) is 1.47. The molecule has 0 radical (unpaired) electrons. The predicted molar refractivity (Wildman–Crippen MR) is 178 cm³/mol. The van der Waals surface area contributed by atoms with Crippen molar-refractivity contribution in [3.05, 3.63) is 112 Å². The summed E-state index contributed by atoms with van der Waals surface area (Å²) in [6.07, 6.45) is 1.53. The predicted octanol–water partition coefficient (Wildman–Crippen LogP) is 6.94. The lowest BCUT2D eigenvalue weighted by Crippen LogP contribution is -2.21. The molecule has 0 aliphatic rings. The number of methoxy groups -OCH3 is 1. The lowest BCUT2D eigenvalue weighted by atomic mass is 9.96. The highest BCUT2D eigenvalue weighted by Gasteiger charge is 2.19. The number of benzene rings is 4. The van der Waals surface area contributed by atoms with Crippen molar-refractivity contribution in [2.45, 2.75) is 33.6 Å². The Labute approximate surface area is 266 Å². The van der Waals surface area contributed by atoms with Crippen LogP contribution in [0.5, 0.6) is 17.2 Å². The van der Waals surface area contributed by atoms with Crippen LogP contribution in [0.3, 0.4) is 0 Å². The fraction of sp³-hybridized carbons (Fsp3) is 0.222. The summed E-state index contributed by atoms with van der Waals surface area (Å²) < 4.78 is 32.3. The summed E-state index contributed by atoms with van der Waals surface area (Å²) >= 11 is 0. The van der Waals surface area contributed by atoms with E-state index in [1.807, 2.05) is 38.1 Å². The molecular weight excluding hydrogens is 587 g/mol. The molecule has 4 aromatic carbocycles. The van der Waals surface area contributed by atoms with E-state index in [4.69, 9.17) is 19.2 Å². The Morgan fingerprint density at radius 1 is 1.00 bits per heavy atom. The van der Waals surface area contributed by atoms with Crippen LogP contribution < -0.4 is 25.1 Å². The molecule has 0 fully saturated rings. The van der Waals surface area contributed by atoms with Gasteiger partial charge in [0.15, 0.2) is 23.9 Å². The molecule has 5 rings (SSSR count). The Hall–Kier alpha value is -5.51. The molecule has 236 valence electrons. The molecule has 0 saturated heterocycles. The summed E-state index contributed by atoms with van der Waals surface area (Å²) in [6.45, 7) is 8.26. The highest BCUT2D eigenvalue weighted by molar-refractivity contribution is 5.92. The average Bonchev–Trinajstić information content (AvgIpc) is 3.04. The van der Waals surface area contributed by atoms with Gasteiger partial charge in [0.25, 0.3) is 11.5 Å². The Kier molecular flexibility index (Phi) is 9.76. The van der Waals surface area contributed by atoms with Crippen molar-refractivity contribution in [1.29, 1.82) is 0 Å². The first-order valence-corrected chi connectivity index (χ1v) is 14.9. The Morgan fingerprint density at radius 2 is 1.76 bits per heavy atom. The molecule has 0 aliphatic carbocycles. The van der Waals surface area contributed by atoms with E-state index >= 15 is 0 Å². The van der Waals surface area contributed by atoms with Gasteiger partial charge < -0.3 is 19.5 Å². The molecule has 9 nitrogen and oxygen atoms in total. The van der Waals surface area contributed by atoms with Crippen molar-refractivity contribution in [3.8, 4) is 28.6 Å². The lowest BCUT2D eigenvalue weighted by Gasteiger charge is -2.18. The number of aryl methyl sites for hydroxylation is 1. The van der Waals surface area contributed by atoms with E-state index in [2.05, 4.69) is 24.3 Å². The van der Waals surface area contributed by atoms with Crippen LogP contribution >= 0.6 is 0 Å². The van der Waals surface area contributed by atoms with Crippen LogP contribution in [0.15, 0.2) is 88.8 Å². The fourth-order valence-electron chi connectivity index (χ4n) is 4.98. The average molecular weight is 623 g/mol. The molecule has 1 aromatic heterocycles. The third-order valence-corrected chi connectivity index (χ3v) is 7.29. The van der Waals surface area contributed by atoms with Crippen LogP contribution in [-0.4, -0.2) is 42.1 Å². The fourth-order valence-corrected chi connectivity index (χ4v) is 4.98. The van der Waals surface area contributed by atoms with Gasteiger partial charge in [-0.05, 0) is 91.1 Å². The maximum Gasteiger partial charge on any atom is 0.282 e. The Balaban J connectivity index is 1.48. The van der Waals surface area contributed by atoms with E-state index in [1.54, 1.807) is 36.4 Å². The van der Waals surface area contributed by atoms with Crippen molar-refractivity contribution in [3.63, 3.8) is 0 Å². The maximum absolute atomic E-state index is 13.9. The molecule has 10 heteroatoms. The van der Waals surface area contributed by atoms with Gasteiger partial charge in [0.05, 0.1) is 36.5 Å². The zero-order valence-corrected chi connectivity index (χ0v) is 26.3. The standard InChI is InChI=1S/C36H35FN4O5/c1-6-45-32-17-23(4)27(19-26(32)22(2)3)35-40-29-13-9-7-11-25(29)36(43)41(35)38-20-24-15-16-31(33(18-24)44-5)46-21-34(42)39-30-14-10-8-12-28(30)37/h7-20,22H,6,21H2,1-5H3,(H,39,42). The van der Waals surface area contributed by atoms with Gasteiger partial charge in [0.1, 0.15) is 11.6 Å². The Morgan fingerprint density at radius 3 is 2.50 bits per heavy atom. The monoisotopic (exact) mass is 622 g/mol. The highest BCUT2D eigenvalue weighted by Crippen LogP contribution is 2.34. The molecule has 1 N–H and O–H groups in total. The number of aromatic nitrogens is 2. The third kappa shape index (κ3) is 6.91. The molecule has 0 aliphatic heterocycles. The smallest absolute Gasteiger partial charge is 0.282 e. The Bertz CT molecular complexity index is 1990. The normalized spacial score (nSPS) is 11.3. The number of carbonyl (C=O) groups is 1. The first kappa shape index (κ1) is 31.9. The quantitative estimate of drug-likeness (QED) is 0.160. The summed E-state index contributed by atoms with van der Waals surface area (Å²) in [6, 6.07) is 22.1. The van der Waals surface area contributed by atoms with Gasteiger partial charge >= 0.3 is 0 Å². The summed E-state index contributed by atoms with van der Waals surface area (Å²) in [5.41, 5.74) is 3.58. The largest absolute Gasteiger partial charge is 0.494 e. The molecule has 1 amide bonds. The topological polar surface area (TPSA) is 104 Å². The van der Waals surface area contributed by atoms with Crippen molar-refractivity contribution >= 4 is 28.7 Å². The minimum absolute atomic E-state index is 0.0632. The second kappa shape index (κ2) is 14.1. The zero-order valence-electron chi connectivity index (χ0n) is 26.3. The van der Waals surface area contributed by atoms with Crippen LogP contribution in [0.25, 0.3) is 22.3 Å². The number of carbonyl (C=O) groups excluding carboxylic acids is 1. The minimum atomic E-state index is -0.543. The van der Waals surface area contributed by atoms with E-state index in [-0.39, 0.29) is 23.8 Å². The van der Waals surface area contributed by atoms with Crippen LogP contribution in [0.2, 0.25) is 0 Å². The first-order chi connectivity index (χ1) is 22.2. The van der Waals surface area contributed by atoms with E-state index in [0.29, 0.717) is 40.4 Å². The summed E-state index contributed by atoms with van der Waals surface area (Å²) in [4.78, 5) is 31.0. The SMILES string of the molecule is CCOc1cc(C)c(-c2nc3ccccc3c(=O)n2N=Cc2ccc(OCC(=O)Nc3ccccc3F)c(OC)c2)cc1C(C)C. The molecule has 0 spiro atoms. The van der Waals surface area contributed by atoms with Crippen molar-refractivity contribution in [2.24, 2.45) is 5.10 Å². The van der Waals surface area contributed by atoms with Crippen LogP contribution in [0, 0.1) is 12.7 Å². The first-order valence-electron chi connectivity index (χ1n) is 14.9. The number of ether oxygens (including phenoxy) is 3. The number of nitrogens with one attached hydrogen (secondary N) is 1. The van der Waals surface area contributed by atoms with E-state index in [0.717, 1.165) is 22.4 Å². The number of nitrogens with zero attached hydrogens (tertiary/aromatic N) is 3. The number of rotatable bonds is 11. The molecule has 1 heterocycles. The summed E-state index contributed by atoms with van der Waals surface area (Å²) in [5.74, 6) is 0.948. The van der Waals surface area contributed by atoms with Crippen LogP contribution in [0.1, 0.15) is 43.4 Å². The second-order valence-electron chi connectivity index (χ2n) is 10.8. The molecule has 5 aromatic rings. The molecule has 0 atom stereocenters. The van der Waals surface area contributed by atoms with Gasteiger partial charge in [0.2, 0.25) is 0 Å². The maximum atomic E-state index is 13.9. The molecule has 46 heavy (non-hydrogen) atoms. The van der Waals surface area contributed by atoms with E-state index < -0.39 is 11.7 Å². The number of fused-ring (bicyclic) bond motifs is 1. The lowest BCUT2D eigenvalue weighted by molar-refractivity contribution is -0.118. The second-order valence-corrected chi connectivity index (χ2v) is 10.8. The molecular formula is C36H35FN4O5. The number of hydrogen-bond acceptors (Lipinski definition) is 7. The number of anilines is 1. The van der Waals surface area contributed by atoms with Gasteiger partial charge in [-0.1, -0.05) is 38.1 Å². The zero-order chi connectivity index (χ0) is 32.8. The van der Waals surface area contributed by atoms with Crippen molar-refractivity contribution in [2.75, 3.05) is 25.6 Å². The van der Waals surface area contributed by atoms with Gasteiger partial charge in [-0.2, -0.15) is 9.78 Å². The van der Waals surface area contributed by atoms with Crippen molar-refractivity contribution < 1.29 is 23.4 Å². The van der Waals surface area contributed by atoms with Gasteiger partial charge in [-0.25, -0.2) is 9.37 Å². The number of halogens is 1. The number of para-hydroxylation sites is 2. The minimum Gasteiger partial charge on any atom is -0.494 e. The number of amides is 1. The molecule has 0 saturated carbocycles. The van der Waals surface area contributed by atoms with Gasteiger partial charge in [-0.3, -0.25) is 9.59 Å². The summed E-state index contributed by atoms with van der Waals surface area (Å²) in [5, 5.41) is 7.52. The van der Waals surface area contributed by atoms with Crippen molar-refractivity contribution in [1.82, 2.24) is 9.66 Å². The van der Waals surface area contributed by atoms with Gasteiger partial charge in [-0.15, -0.1) is 0 Å². The third-order valence-electron chi connectivity index (χ3n) is 7.29. The molecule has 0 unspecified atom stereocenters.